The van der Waals surface area contributed by atoms with E-state index >= 15 is 0 Å². The van der Waals surface area contributed by atoms with Crippen molar-refractivity contribution < 1.29 is 9.59 Å². The van der Waals surface area contributed by atoms with E-state index in [0.717, 1.165) is 29.0 Å². The standard InChI is InChI=1S/C13H12N2O2S/c1-15(2)13(17)18-12-7-9(8-16)10-5-3-4-6-11(10)14-12/h3-8H,1-2H3. The predicted octanol–water partition coefficient (Wildman–Crippen LogP) is 2.82. The van der Waals surface area contributed by atoms with Crippen molar-refractivity contribution in [1.82, 2.24) is 9.88 Å². The summed E-state index contributed by atoms with van der Waals surface area (Å²) in [7, 11) is 3.36. The molecule has 5 heteroatoms. The Bertz CT molecular complexity index is 611. The van der Waals surface area contributed by atoms with Crippen LogP contribution in [0.1, 0.15) is 10.4 Å². The molecule has 2 aromatic rings. The minimum atomic E-state index is -0.116. The smallest absolute Gasteiger partial charge is 0.287 e. The van der Waals surface area contributed by atoms with E-state index in [2.05, 4.69) is 4.98 Å². The number of benzene rings is 1. The number of aldehydes is 1. The first-order valence-corrected chi connectivity index (χ1v) is 6.17. The molecule has 1 aromatic heterocycles. The van der Waals surface area contributed by atoms with Crippen LogP contribution in [-0.2, 0) is 0 Å². The maximum atomic E-state index is 11.6. The lowest BCUT2D eigenvalue weighted by atomic mass is 10.1. The van der Waals surface area contributed by atoms with Crippen molar-refractivity contribution >= 4 is 34.2 Å². The second kappa shape index (κ2) is 5.18. The Morgan fingerprint density at radius 2 is 2.06 bits per heavy atom. The van der Waals surface area contributed by atoms with Gasteiger partial charge in [0, 0.05) is 25.0 Å². The fourth-order valence-electron chi connectivity index (χ4n) is 1.51. The second-order valence-electron chi connectivity index (χ2n) is 3.95. The maximum absolute atomic E-state index is 11.6. The first-order chi connectivity index (χ1) is 8.61. The van der Waals surface area contributed by atoms with E-state index in [1.165, 1.54) is 4.90 Å². The fourth-order valence-corrected chi connectivity index (χ4v) is 2.20. The van der Waals surface area contributed by atoms with Crippen LogP contribution in [0.2, 0.25) is 0 Å². The second-order valence-corrected chi connectivity index (χ2v) is 4.92. The highest BCUT2D eigenvalue weighted by atomic mass is 32.2. The molecule has 0 unspecified atom stereocenters. The number of hydrogen-bond acceptors (Lipinski definition) is 4. The third-order valence-corrected chi connectivity index (χ3v) is 3.37. The van der Waals surface area contributed by atoms with E-state index < -0.39 is 0 Å². The van der Waals surface area contributed by atoms with Crippen LogP contribution in [-0.4, -0.2) is 35.5 Å². The summed E-state index contributed by atoms with van der Waals surface area (Å²) in [4.78, 5) is 28.5. The normalized spacial score (nSPS) is 10.3. The number of thioether (sulfide) groups is 1. The Kier molecular flexibility index (Phi) is 3.62. The summed E-state index contributed by atoms with van der Waals surface area (Å²) in [5, 5.41) is 1.22. The molecule has 0 atom stereocenters. The van der Waals surface area contributed by atoms with Crippen LogP contribution in [0.5, 0.6) is 0 Å². The quantitative estimate of drug-likeness (QED) is 0.615. The number of carbonyl (C=O) groups excluding carboxylic acids is 2. The molecule has 4 nitrogen and oxygen atoms in total. The lowest BCUT2D eigenvalue weighted by Crippen LogP contribution is -2.16. The van der Waals surface area contributed by atoms with Gasteiger partial charge in [0.15, 0.2) is 6.29 Å². The zero-order valence-corrected chi connectivity index (χ0v) is 10.9. The van der Waals surface area contributed by atoms with Crippen molar-refractivity contribution in [1.29, 1.82) is 0 Å². The van der Waals surface area contributed by atoms with E-state index in [1.54, 1.807) is 20.2 Å². The minimum Gasteiger partial charge on any atom is -0.339 e. The molecule has 1 amide bonds. The number of amides is 1. The summed E-state index contributed by atoms with van der Waals surface area (Å²) < 4.78 is 0. The van der Waals surface area contributed by atoms with Crippen molar-refractivity contribution in [2.45, 2.75) is 5.03 Å². The van der Waals surface area contributed by atoms with Gasteiger partial charge in [-0.25, -0.2) is 4.98 Å². The number of rotatable bonds is 2. The van der Waals surface area contributed by atoms with Crippen LogP contribution in [0, 0.1) is 0 Å². The molecular weight excluding hydrogens is 248 g/mol. The van der Waals surface area contributed by atoms with Gasteiger partial charge in [0.25, 0.3) is 5.24 Å². The van der Waals surface area contributed by atoms with Gasteiger partial charge in [-0.05, 0) is 23.9 Å². The topological polar surface area (TPSA) is 50.3 Å². The van der Waals surface area contributed by atoms with E-state index in [-0.39, 0.29) is 5.24 Å². The first kappa shape index (κ1) is 12.6. The van der Waals surface area contributed by atoms with E-state index in [9.17, 15) is 9.59 Å². The number of carbonyl (C=O) groups is 2. The monoisotopic (exact) mass is 260 g/mol. The van der Waals surface area contributed by atoms with Gasteiger partial charge in [-0.15, -0.1) is 0 Å². The molecule has 1 heterocycles. The highest BCUT2D eigenvalue weighted by Crippen LogP contribution is 2.24. The van der Waals surface area contributed by atoms with Crippen LogP contribution < -0.4 is 0 Å². The van der Waals surface area contributed by atoms with Crippen molar-refractivity contribution in [2.75, 3.05) is 14.1 Å². The Morgan fingerprint density at radius 1 is 1.33 bits per heavy atom. The van der Waals surface area contributed by atoms with Crippen LogP contribution >= 0.6 is 11.8 Å². The van der Waals surface area contributed by atoms with Crippen LogP contribution in [0.3, 0.4) is 0 Å². The summed E-state index contributed by atoms with van der Waals surface area (Å²) in [6, 6.07) is 9.02. The van der Waals surface area contributed by atoms with Crippen molar-refractivity contribution in [3.05, 3.63) is 35.9 Å². The molecule has 0 N–H and O–H groups in total. The Balaban J connectivity index is 2.47. The number of fused-ring (bicyclic) bond motifs is 1. The molecule has 0 aliphatic rings. The summed E-state index contributed by atoms with van der Waals surface area (Å²) in [6.07, 6.45) is 0.786. The molecule has 0 fully saturated rings. The van der Waals surface area contributed by atoms with Gasteiger partial charge in [0.2, 0.25) is 0 Å². The van der Waals surface area contributed by atoms with Crippen molar-refractivity contribution in [3.63, 3.8) is 0 Å². The van der Waals surface area contributed by atoms with E-state index in [4.69, 9.17) is 0 Å². The molecule has 0 saturated heterocycles. The van der Waals surface area contributed by atoms with Crippen molar-refractivity contribution in [2.24, 2.45) is 0 Å². The molecule has 0 aliphatic carbocycles. The van der Waals surface area contributed by atoms with Crippen molar-refractivity contribution in [3.8, 4) is 0 Å². The average Bonchev–Trinajstić information content (AvgIpc) is 2.37. The Hall–Kier alpha value is -1.88. The summed E-state index contributed by atoms with van der Waals surface area (Å²) >= 11 is 1.01. The van der Waals surface area contributed by atoms with Crippen LogP contribution in [0.15, 0.2) is 35.4 Å². The predicted molar refractivity (Wildman–Crippen MR) is 72.1 cm³/mol. The van der Waals surface area contributed by atoms with Gasteiger partial charge >= 0.3 is 0 Å². The molecular formula is C13H12N2O2S. The number of aromatic nitrogens is 1. The molecule has 0 aliphatic heterocycles. The molecule has 2 rings (SSSR count). The Morgan fingerprint density at radius 3 is 2.72 bits per heavy atom. The number of pyridine rings is 1. The first-order valence-electron chi connectivity index (χ1n) is 5.36. The molecule has 0 saturated carbocycles. The van der Waals surface area contributed by atoms with E-state index in [0.29, 0.717) is 10.6 Å². The number of hydrogen-bond donors (Lipinski definition) is 0. The molecule has 1 aromatic carbocycles. The minimum absolute atomic E-state index is 0.116. The molecule has 0 spiro atoms. The SMILES string of the molecule is CN(C)C(=O)Sc1cc(C=O)c2ccccc2n1. The molecule has 18 heavy (non-hydrogen) atoms. The van der Waals surface area contributed by atoms with Crippen LogP contribution in [0.4, 0.5) is 4.79 Å². The Labute approximate surface area is 109 Å². The van der Waals surface area contributed by atoms with Gasteiger partial charge in [-0.1, -0.05) is 18.2 Å². The van der Waals surface area contributed by atoms with Gasteiger partial charge in [0.1, 0.15) is 5.03 Å². The van der Waals surface area contributed by atoms with Crippen LogP contribution in [0.25, 0.3) is 10.9 Å². The van der Waals surface area contributed by atoms with Gasteiger partial charge < -0.3 is 4.90 Å². The lowest BCUT2D eigenvalue weighted by molar-refractivity contribution is 0.112. The highest BCUT2D eigenvalue weighted by Gasteiger charge is 2.11. The third kappa shape index (κ3) is 2.51. The third-order valence-electron chi connectivity index (χ3n) is 2.41. The van der Waals surface area contributed by atoms with Gasteiger partial charge in [-0.3, -0.25) is 9.59 Å². The van der Waals surface area contributed by atoms with E-state index in [1.807, 2.05) is 24.3 Å². The van der Waals surface area contributed by atoms with Gasteiger partial charge in [-0.2, -0.15) is 0 Å². The van der Waals surface area contributed by atoms with Gasteiger partial charge in [0.05, 0.1) is 5.52 Å². The molecule has 0 radical (unpaired) electrons. The summed E-state index contributed by atoms with van der Waals surface area (Å²) in [5.74, 6) is 0. The zero-order chi connectivity index (χ0) is 13.1. The molecule has 0 bridgehead atoms. The molecule has 92 valence electrons. The number of nitrogens with zero attached hydrogens (tertiary/aromatic N) is 2. The fraction of sp³-hybridized carbons (Fsp3) is 0.154. The maximum Gasteiger partial charge on any atom is 0.287 e. The average molecular weight is 260 g/mol. The summed E-state index contributed by atoms with van der Waals surface area (Å²) in [6.45, 7) is 0. The number of para-hydroxylation sites is 1. The highest BCUT2D eigenvalue weighted by molar-refractivity contribution is 8.13. The lowest BCUT2D eigenvalue weighted by Gasteiger charge is -2.09. The zero-order valence-electron chi connectivity index (χ0n) is 10.1. The largest absolute Gasteiger partial charge is 0.339 e. The summed E-state index contributed by atoms with van der Waals surface area (Å²) in [5.41, 5.74) is 1.27.